The Kier molecular flexibility index (Phi) is 1.70. The molecule has 3 nitrogen and oxygen atoms in total. The molecule has 94 valence electrons. The van der Waals surface area contributed by atoms with E-state index in [4.69, 9.17) is 4.74 Å². The lowest BCUT2D eigenvalue weighted by Crippen LogP contribution is -2.03. The van der Waals surface area contributed by atoms with Crippen LogP contribution in [0.25, 0.3) is 27.5 Å². The summed E-state index contributed by atoms with van der Waals surface area (Å²) in [6.07, 6.45) is 1.87. The van der Waals surface area contributed by atoms with Crippen LogP contribution < -0.4 is 4.74 Å². The Balaban J connectivity index is 1.94. The summed E-state index contributed by atoms with van der Waals surface area (Å²) in [6, 6.07) is 18.5. The molecule has 0 saturated carbocycles. The van der Waals surface area contributed by atoms with Crippen LogP contribution in [-0.2, 0) is 0 Å². The molecule has 5 rings (SSSR count). The third kappa shape index (κ3) is 1.17. The number of benzene rings is 3. The molecule has 0 bridgehead atoms. The molecule has 0 fully saturated rings. The van der Waals surface area contributed by atoms with Gasteiger partial charge in [0.15, 0.2) is 11.5 Å². The van der Waals surface area contributed by atoms with E-state index in [1.165, 1.54) is 10.8 Å². The third-order valence-electron chi connectivity index (χ3n) is 3.84. The normalized spacial score (nSPS) is 12.4. The SMILES string of the molecule is c1ccc2cc3c(cc2c1)Oc1cccc2ncn-3c12. The van der Waals surface area contributed by atoms with Crippen molar-refractivity contribution in [2.24, 2.45) is 0 Å². The van der Waals surface area contributed by atoms with Gasteiger partial charge < -0.3 is 4.74 Å². The second-order valence-electron chi connectivity index (χ2n) is 5.01. The van der Waals surface area contributed by atoms with Gasteiger partial charge in [0.1, 0.15) is 11.8 Å². The van der Waals surface area contributed by atoms with E-state index in [0.29, 0.717) is 0 Å². The number of nitrogens with zero attached hydrogens (tertiary/aromatic N) is 2. The standard InChI is InChI=1S/C17H10N2O/c1-2-5-12-9-16-14(8-11(12)4-1)19-10-18-13-6-3-7-15(20-16)17(13)19/h1-10H. The summed E-state index contributed by atoms with van der Waals surface area (Å²) in [5.74, 6) is 1.74. The number of hydrogen-bond acceptors (Lipinski definition) is 2. The summed E-state index contributed by atoms with van der Waals surface area (Å²) >= 11 is 0. The van der Waals surface area contributed by atoms with Crippen LogP contribution in [0.3, 0.4) is 0 Å². The fourth-order valence-electron chi connectivity index (χ4n) is 2.90. The summed E-state index contributed by atoms with van der Waals surface area (Å²) in [5, 5.41) is 2.39. The molecule has 1 aliphatic heterocycles. The topological polar surface area (TPSA) is 27.1 Å². The first-order valence-corrected chi connectivity index (χ1v) is 6.57. The van der Waals surface area contributed by atoms with Crippen molar-refractivity contribution in [3.63, 3.8) is 0 Å². The van der Waals surface area contributed by atoms with Crippen LogP contribution in [0.2, 0.25) is 0 Å². The monoisotopic (exact) mass is 258 g/mol. The highest BCUT2D eigenvalue weighted by Gasteiger charge is 2.20. The summed E-state index contributed by atoms with van der Waals surface area (Å²) in [4.78, 5) is 4.45. The first-order valence-electron chi connectivity index (χ1n) is 6.57. The van der Waals surface area contributed by atoms with Crippen LogP contribution in [0.4, 0.5) is 0 Å². The minimum absolute atomic E-state index is 0.864. The Morgan fingerprint density at radius 1 is 0.850 bits per heavy atom. The van der Waals surface area contributed by atoms with Gasteiger partial charge in [-0.2, -0.15) is 0 Å². The first kappa shape index (κ1) is 10.0. The van der Waals surface area contributed by atoms with Gasteiger partial charge in [0.05, 0.1) is 11.2 Å². The van der Waals surface area contributed by atoms with E-state index in [0.717, 1.165) is 28.2 Å². The number of fused-ring (bicyclic) bond motifs is 3. The van der Waals surface area contributed by atoms with E-state index in [1.54, 1.807) is 0 Å². The molecule has 0 radical (unpaired) electrons. The van der Waals surface area contributed by atoms with E-state index < -0.39 is 0 Å². The zero-order valence-electron chi connectivity index (χ0n) is 10.6. The Labute approximate surface area is 115 Å². The molecule has 0 aliphatic carbocycles. The average Bonchev–Trinajstić information content (AvgIpc) is 2.92. The van der Waals surface area contributed by atoms with E-state index in [1.807, 2.05) is 30.6 Å². The number of rotatable bonds is 0. The molecule has 0 spiro atoms. The lowest BCUT2D eigenvalue weighted by atomic mass is 10.1. The predicted molar refractivity (Wildman–Crippen MR) is 78.7 cm³/mol. The van der Waals surface area contributed by atoms with Gasteiger partial charge >= 0.3 is 0 Å². The maximum absolute atomic E-state index is 6.06. The molecule has 4 aromatic rings. The quantitative estimate of drug-likeness (QED) is 0.414. The molecule has 1 aliphatic rings. The highest BCUT2D eigenvalue weighted by molar-refractivity contribution is 5.91. The minimum atomic E-state index is 0.864. The zero-order chi connectivity index (χ0) is 13.1. The Morgan fingerprint density at radius 2 is 1.70 bits per heavy atom. The lowest BCUT2D eigenvalue weighted by molar-refractivity contribution is 0.476. The number of aromatic nitrogens is 2. The fraction of sp³-hybridized carbons (Fsp3) is 0. The number of para-hydroxylation sites is 1. The predicted octanol–water partition coefficient (Wildman–Crippen LogP) is 4.28. The van der Waals surface area contributed by atoms with Crippen molar-refractivity contribution >= 4 is 21.8 Å². The molecule has 0 amide bonds. The largest absolute Gasteiger partial charge is 0.453 e. The van der Waals surface area contributed by atoms with Gasteiger partial charge in [-0.05, 0) is 35.0 Å². The molecular formula is C17H10N2O. The molecule has 0 unspecified atom stereocenters. The molecule has 0 N–H and O–H groups in total. The van der Waals surface area contributed by atoms with Crippen LogP contribution >= 0.6 is 0 Å². The van der Waals surface area contributed by atoms with Gasteiger partial charge in [-0.1, -0.05) is 30.3 Å². The van der Waals surface area contributed by atoms with E-state index in [-0.39, 0.29) is 0 Å². The highest BCUT2D eigenvalue weighted by atomic mass is 16.5. The van der Waals surface area contributed by atoms with Crippen molar-refractivity contribution in [2.75, 3.05) is 0 Å². The highest BCUT2D eigenvalue weighted by Crippen LogP contribution is 2.41. The van der Waals surface area contributed by atoms with Crippen LogP contribution in [0.1, 0.15) is 0 Å². The second-order valence-corrected chi connectivity index (χ2v) is 5.01. The van der Waals surface area contributed by atoms with Crippen LogP contribution in [-0.4, -0.2) is 9.55 Å². The molecular weight excluding hydrogens is 248 g/mol. The summed E-state index contributed by atoms with van der Waals surface area (Å²) in [7, 11) is 0. The molecule has 2 heterocycles. The Morgan fingerprint density at radius 3 is 2.60 bits per heavy atom. The van der Waals surface area contributed by atoms with Gasteiger partial charge in [-0.3, -0.25) is 4.57 Å². The summed E-state index contributed by atoms with van der Waals surface area (Å²) < 4.78 is 8.16. The maximum atomic E-state index is 6.06. The lowest BCUT2D eigenvalue weighted by Gasteiger charge is -2.20. The van der Waals surface area contributed by atoms with Crippen molar-refractivity contribution in [1.29, 1.82) is 0 Å². The molecule has 3 heteroatoms. The fourth-order valence-corrected chi connectivity index (χ4v) is 2.90. The van der Waals surface area contributed by atoms with Crippen LogP contribution in [0.15, 0.2) is 60.9 Å². The summed E-state index contributed by atoms with van der Waals surface area (Å²) in [6.45, 7) is 0. The van der Waals surface area contributed by atoms with Crippen molar-refractivity contribution in [1.82, 2.24) is 9.55 Å². The average molecular weight is 258 g/mol. The smallest absolute Gasteiger partial charge is 0.153 e. The van der Waals surface area contributed by atoms with E-state index in [9.17, 15) is 0 Å². The number of imidazole rings is 1. The van der Waals surface area contributed by atoms with Gasteiger partial charge in [-0.25, -0.2) is 4.98 Å². The number of hydrogen-bond donors (Lipinski definition) is 0. The van der Waals surface area contributed by atoms with Crippen LogP contribution in [0, 0.1) is 0 Å². The second kappa shape index (κ2) is 3.39. The van der Waals surface area contributed by atoms with Crippen molar-refractivity contribution < 1.29 is 4.74 Å². The van der Waals surface area contributed by atoms with Gasteiger partial charge in [0.2, 0.25) is 0 Å². The molecule has 3 aromatic carbocycles. The van der Waals surface area contributed by atoms with Gasteiger partial charge in [0.25, 0.3) is 0 Å². The Bertz CT molecular complexity index is 985. The van der Waals surface area contributed by atoms with E-state index in [2.05, 4.69) is 39.9 Å². The molecule has 20 heavy (non-hydrogen) atoms. The molecule has 0 atom stereocenters. The van der Waals surface area contributed by atoms with Crippen LogP contribution in [0.5, 0.6) is 11.5 Å². The minimum Gasteiger partial charge on any atom is -0.453 e. The van der Waals surface area contributed by atoms with Gasteiger partial charge in [0, 0.05) is 0 Å². The summed E-state index contributed by atoms with van der Waals surface area (Å²) in [5.41, 5.74) is 3.04. The van der Waals surface area contributed by atoms with Crippen molar-refractivity contribution in [2.45, 2.75) is 0 Å². The molecule has 1 aromatic heterocycles. The molecule has 0 saturated heterocycles. The maximum Gasteiger partial charge on any atom is 0.153 e. The third-order valence-corrected chi connectivity index (χ3v) is 3.84. The zero-order valence-corrected chi connectivity index (χ0v) is 10.6. The van der Waals surface area contributed by atoms with Crippen molar-refractivity contribution in [3.05, 3.63) is 60.9 Å². The van der Waals surface area contributed by atoms with Crippen molar-refractivity contribution in [3.8, 4) is 17.2 Å². The Hall–Kier alpha value is -2.81. The van der Waals surface area contributed by atoms with Gasteiger partial charge in [-0.15, -0.1) is 0 Å². The first-order chi connectivity index (χ1) is 9.90. The van der Waals surface area contributed by atoms with E-state index >= 15 is 0 Å². The number of ether oxygens (including phenoxy) is 1.